The van der Waals surface area contributed by atoms with Crippen LogP contribution in [-0.2, 0) is 14.3 Å². The first kappa shape index (κ1) is 22.7. The summed E-state index contributed by atoms with van der Waals surface area (Å²) < 4.78 is 11.6. The Morgan fingerprint density at radius 1 is 1.12 bits per heavy atom. The maximum absolute atomic E-state index is 12.8. The lowest BCUT2D eigenvalue weighted by Gasteiger charge is -2.29. The maximum atomic E-state index is 12.8. The summed E-state index contributed by atoms with van der Waals surface area (Å²) in [4.78, 5) is 45.3. The molecule has 0 saturated carbocycles. The fourth-order valence-corrected chi connectivity index (χ4v) is 5.33. The van der Waals surface area contributed by atoms with Gasteiger partial charge in [0.05, 0.1) is 28.6 Å². The Balaban J connectivity index is 1.59. The number of hydrogen-bond acceptors (Lipinski definition) is 9. The highest BCUT2D eigenvalue weighted by Gasteiger charge is 2.34. The lowest BCUT2D eigenvalue weighted by molar-refractivity contribution is -0.139. The Morgan fingerprint density at radius 3 is 2.55 bits per heavy atom. The third-order valence-electron chi connectivity index (χ3n) is 4.79. The summed E-state index contributed by atoms with van der Waals surface area (Å²) in [6.07, 6.45) is 0. The normalized spacial score (nSPS) is 15.7. The molecule has 0 saturated heterocycles. The minimum absolute atomic E-state index is 0.165. The molecule has 4 rings (SSSR count). The van der Waals surface area contributed by atoms with Crippen LogP contribution in [0.2, 0.25) is 0 Å². The first-order chi connectivity index (χ1) is 15.9. The van der Waals surface area contributed by atoms with Gasteiger partial charge >= 0.3 is 18.0 Å². The van der Waals surface area contributed by atoms with E-state index in [9.17, 15) is 14.4 Å². The lowest BCUT2D eigenvalue weighted by atomic mass is 9.95. The number of rotatable bonds is 7. The third-order valence-corrected chi connectivity index (χ3v) is 7.10. The van der Waals surface area contributed by atoms with Crippen LogP contribution in [0.25, 0.3) is 9.53 Å². The summed E-state index contributed by atoms with van der Waals surface area (Å²) in [6.45, 7) is 1.58. The molecule has 1 atom stereocenters. The van der Waals surface area contributed by atoms with Gasteiger partial charge in [0.2, 0.25) is 0 Å². The Labute approximate surface area is 198 Å². The third kappa shape index (κ3) is 4.83. The Hall–Kier alpha value is -3.44. The standard InChI is InChI=1S/C22H22N4O5S2/c1-4-30-20(28)16-13(23-21(29)24-17(16)12-8-6-5-7-9-12)11-31-19(27)15-10-14-18(32-15)25-22(33-14)26(2)3/h5-10,17H,4,11H2,1-3H3,(H2,23,24,29). The molecule has 0 aliphatic carbocycles. The second kappa shape index (κ2) is 9.59. The first-order valence-electron chi connectivity index (χ1n) is 10.1. The first-order valence-corrected chi connectivity index (χ1v) is 11.8. The summed E-state index contributed by atoms with van der Waals surface area (Å²) >= 11 is 2.71. The summed E-state index contributed by atoms with van der Waals surface area (Å²) in [5.41, 5.74) is 1.09. The van der Waals surface area contributed by atoms with E-state index in [4.69, 9.17) is 9.47 Å². The van der Waals surface area contributed by atoms with E-state index in [2.05, 4.69) is 15.6 Å². The molecule has 0 bridgehead atoms. The molecular weight excluding hydrogens is 464 g/mol. The number of carbonyl (C=O) groups is 3. The summed E-state index contributed by atoms with van der Waals surface area (Å²) in [5.74, 6) is -1.15. The molecular formula is C22H22N4O5S2. The van der Waals surface area contributed by atoms with Crippen LogP contribution in [0.5, 0.6) is 0 Å². The monoisotopic (exact) mass is 486 g/mol. The molecule has 0 radical (unpaired) electrons. The number of amides is 2. The summed E-state index contributed by atoms with van der Waals surface area (Å²) in [7, 11) is 3.81. The Kier molecular flexibility index (Phi) is 6.61. The Bertz CT molecular complexity index is 1200. The van der Waals surface area contributed by atoms with Crippen LogP contribution < -0.4 is 15.5 Å². The molecule has 3 heterocycles. The highest BCUT2D eigenvalue weighted by atomic mass is 32.1. The van der Waals surface area contributed by atoms with E-state index in [1.54, 1.807) is 25.1 Å². The van der Waals surface area contributed by atoms with Gasteiger partial charge in [-0.15, -0.1) is 11.3 Å². The smallest absolute Gasteiger partial charge is 0.348 e. The van der Waals surface area contributed by atoms with Gasteiger partial charge < -0.3 is 25.0 Å². The molecule has 9 nitrogen and oxygen atoms in total. The van der Waals surface area contributed by atoms with Crippen LogP contribution in [0.3, 0.4) is 0 Å². The largest absolute Gasteiger partial charge is 0.463 e. The van der Waals surface area contributed by atoms with Crippen molar-refractivity contribution in [1.29, 1.82) is 0 Å². The average Bonchev–Trinajstić information content (AvgIpc) is 3.37. The van der Waals surface area contributed by atoms with E-state index in [-0.39, 0.29) is 24.5 Å². The number of hydrogen-bond donors (Lipinski definition) is 2. The van der Waals surface area contributed by atoms with Crippen molar-refractivity contribution in [3.63, 3.8) is 0 Å². The molecule has 2 aromatic heterocycles. The molecule has 172 valence electrons. The number of fused-ring (bicyclic) bond motifs is 1. The predicted octanol–water partition coefficient (Wildman–Crippen LogP) is 3.45. The van der Waals surface area contributed by atoms with Crippen LogP contribution in [0.1, 0.15) is 28.2 Å². The number of benzene rings is 1. The highest BCUT2D eigenvalue weighted by molar-refractivity contribution is 7.29. The van der Waals surface area contributed by atoms with E-state index >= 15 is 0 Å². The van der Waals surface area contributed by atoms with Gasteiger partial charge in [-0.1, -0.05) is 41.7 Å². The van der Waals surface area contributed by atoms with E-state index in [1.165, 1.54) is 22.7 Å². The van der Waals surface area contributed by atoms with Gasteiger partial charge in [0.25, 0.3) is 0 Å². The van der Waals surface area contributed by atoms with Gasteiger partial charge in [0.15, 0.2) is 5.13 Å². The molecule has 1 aliphatic rings. The number of thiazole rings is 1. The quantitative estimate of drug-likeness (QED) is 0.492. The minimum Gasteiger partial charge on any atom is -0.463 e. The lowest BCUT2D eigenvalue weighted by Crippen LogP contribution is -2.47. The number of anilines is 1. The molecule has 33 heavy (non-hydrogen) atoms. The van der Waals surface area contributed by atoms with Gasteiger partial charge in [-0.3, -0.25) is 0 Å². The second-order valence-corrected chi connectivity index (χ2v) is 9.34. The zero-order chi connectivity index (χ0) is 23.5. The molecule has 11 heteroatoms. The number of aromatic nitrogens is 1. The average molecular weight is 487 g/mol. The number of carbonyl (C=O) groups excluding carboxylic acids is 3. The SMILES string of the molecule is CCOC(=O)C1=C(COC(=O)c2cc3sc(N(C)C)nc3s2)NC(=O)NC1c1ccccc1. The topological polar surface area (TPSA) is 110 Å². The van der Waals surface area contributed by atoms with Crippen molar-refractivity contribution in [2.75, 3.05) is 32.2 Å². The zero-order valence-corrected chi connectivity index (χ0v) is 19.8. The highest BCUT2D eigenvalue weighted by Crippen LogP contribution is 2.34. The Morgan fingerprint density at radius 2 is 1.88 bits per heavy atom. The molecule has 1 unspecified atom stereocenters. The van der Waals surface area contributed by atoms with Crippen LogP contribution in [0.4, 0.5) is 9.93 Å². The number of thiophene rings is 1. The molecule has 2 N–H and O–H groups in total. The number of urea groups is 1. The van der Waals surface area contributed by atoms with Crippen molar-refractivity contribution < 1.29 is 23.9 Å². The number of nitrogens with zero attached hydrogens (tertiary/aromatic N) is 2. The summed E-state index contributed by atoms with van der Waals surface area (Å²) in [5, 5.41) is 6.19. The van der Waals surface area contributed by atoms with Crippen LogP contribution >= 0.6 is 22.7 Å². The van der Waals surface area contributed by atoms with Gasteiger partial charge in [0.1, 0.15) is 16.3 Å². The number of ether oxygens (including phenoxy) is 2. The summed E-state index contributed by atoms with van der Waals surface area (Å²) in [6, 6.07) is 9.56. The van der Waals surface area contributed by atoms with Crippen LogP contribution in [0, 0.1) is 0 Å². The van der Waals surface area contributed by atoms with Gasteiger partial charge in [-0.05, 0) is 18.6 Å². The molecule has 1 aromatic carbocycles. The van der Waals surface area contributed by atoms with E-state index in [0.29, 0.717) is 10.4 Å². The number of nitrogens with one attached hydrogen (secondary N) is 2. The van der Waals surface area contributed by atoms with Gasteiger partial charge in [0, 0.05) is 14.1 Å². The van der Waals surface area contributed by atoms with Crippen LogP contribution in [0.15, 0.2) is 47.7 Å². The van der Waals surface area contributed by atoms with Crippen molar-refractivity contribution in [3.05, 3.63) is 58.1 Å². The molecule has 3 aromatic rings. The fraction of sp³-hybridized carbons (Fsp3) is 0.273. The van der Waals surface area contributed by atoms with E-state index in [0.717, 1.165) is 14.7 Å². The maximum Gasteiger partial charge on any atom is 0.348 e. The van der Waals surface area contributed by atoms with E-state index in [1.807, 2.05) is 37.2 Å². The van der Waals surface area contributed by atoms with Crippen molar-refractivity contribution >= 4 is 55.3 Å². The van der Waals surface area contributed by atoms with Crippen molar-refractivity contribution in [2.45, 2.75) is 13.0 Å². The molecule has 0 fully saturated rings. The molecule has 2 amide bonds. The van der Waals surface area contributed by atoms with Gasteiger partial charge in [-0.25, -0.2) is 19.4 Å². The number of esters is 2. The van der Waals surface area contributed by atoms with Crippen molar-refractivity contribution in [2.24, 2.45) is 0 Å². The minimum atomic E-state index is -0.728. The second-order valence-electron chi connectivity index (χ2n) is 7.30. The van der Waals surface area contributed by atoms with E-state index < -0.39 is 24.0 Å². The van der Waals surface area contributed by atoms with Crippen molar-refractivity contribution in [1.82, 2.24) is 15.6 Å². The van der Waals surface area contributed by atoms with Crippen molar-refractivity contribution in [3.8, 4) is 0 Å². The van der Waals surface area contributed by atoms with Crippen LogP contribution in [-0.4, -0.2) is 50.3 Å². The fourth-order valence-electron chi connectivity index (χ4n) is 3.30. The molecule has 0 spiro atoms. The predicted molar refractivity (Wildman–Crippen MR) is 127 cm³/mol. The van der Waals surface area contributed by atoms with Gasteiger partial charge in [-0.2, -0.15) is 0 Å². The molecule has 1 aliphatic heterocycles. The zero-order valence-electron chi connectivity index (χ0n) is 18.2.